The van der Waals surface area contributed by atoms with Crippen molar-refractivity contribution < 1.29 is 4.39 Å². The zero-order chi connectivity index (χ0) is 10.8. The molecule has 0 radical (unpaired) electrons. The Morgan fingerprint density at radius 1 is 1.36 bits per heavy atom. The van der Waals surface area contributed by atoms with Crippen LogP contribution in [0.15, 0.2) is 18.2 Å². The fourth-order valence-corrected chi connectivity index (χ4v) is 1.22. The lowest BCUT2D eigenvalue weighted by atomic mass is 9.90. The number of aromatic nitrogens is 1. The predicted octanol–water partition coefficient (Wildman–Crippen LogP) is 3.45. The minimum atomic E-state index is -0.467. The van der Waals surface area contributed by atoms with Crippen molar-refractivity contribution in [2.75, 3.05) is 6.67 Å². The second-order valence-electron chi connectivity index (χ2n) is 4.62. The standard InChI is InChI=1S/C12H18FN/c1-9(2)10-6-5-7-11(14-10)12(3,4)8-13/h5-7,9H,8H2,1-4H3. The van der Waals surface area contributed by atoms with Gasteiger partial charge in [-0.3, -0.25) is 9.37 Å². The van der Waals surface area contributed by atoms with E-state index in [1.807, 2.05) is 32.0 Å². The largest absolute Gasteiger partial charge is 0.257 e. The molecule has 0 aliphatic carbocycles. The Kier molecular flexibility index (Phi) is 3.25. The highest BCUT2D eigenvalue weighted by Crippen LogP contribution is 2.23. The van der Waals surface area contributed by atoms with Gasteiger partial charge in [0.2, 0.25) is 0 Å². The smallest absolute Gasteiger partial charge is 0.100 e. The van der Waals surface area contributed by atoms with Gasteiger partial charge in [0.25, 0.3) is 0 Å². The summed E-state index contributed by atoms with van der Waals surface area (Å²) in [4.78, 5) is 4.47. The van der Waals surface area contributed by atoms with Crippen LogP contribution in [0.5, 0.6) is 0 Å². The fourth-order valence-electron chi connectivity index (χ4n) is 1.22. The van der Waals surface area contributed by atoms with Crippen LogP contribution in [-0.2, 0) is 5.41 Å². The molecule has 0 N–H and O–H groups in total. The third kappa shape index (κ3) is 2.31. The summed E-state index contributed by atoms with van der Waals surface area (Å²) in [6.45, 7) is 7.56. The first-order valence-electron chi connectivity index (χ1n) is 5.01. The lowest BCUT2D eigenvalue weighted by molar-refractivity contribution is 0.343. The normalized spacial score (nSPS) is 12.1. The molecule has 0 unspecified atom stereocenters. The van der Waals surface area contributed by atoms with Crippen molar-refractivity contribution in [2.45, 2.75) is 39.0 Å². The van der Waals surface area contributed by atoms with E-state index < -0.39 is 5.41 Å². The SMILES string of the molecule is CC(C)c1cccc(C(C)(C)CF)n1. The van der Waals surface area contributed by atoms with Crippen LogP contribution in [0.4, 0.5) is 4.39 Å². The molecule has 0 aliphatic rings. The van der Waals surface area contributed by atoms with Gasteiger partial charge in [-0.2, -0.15) is 0 Å². The molecule has 1 nitrogen and oxygen atoms in total. The number of rotatable bonds is 3. The Balaban J connectivity index is 3.05. The van der Waals surface area contributed by atoms with Gasteiger partial charge in [-0.05, 0) is 18.1 Å². The molecule has 1 rings (SSSR count). The number of hydrogen-bond donors (Lipinski definition) is 0. The second-order valence-corrected chi connectivity index (χ2v) is 4.62. The van der Waals surface area contributed by atoms with Crippen molar-refractivity contribution in [2.24, 2.45) is 0 Å². The van der Waals surface area contributed by atoms with Crippen molar-refractivity contribution >= 4 is 0 Å². The number of hydrogen-bond acceptors (Lipinski definition) is 1. The maximum absolute atomic E-state index is 12.7. The average Bonchev–Trinajstić information content (AvgIpc) is 2.18. The first kappa shape index (κ1) is 11.2. The molecule has 1 aromatic heterocycles. The minimum absolute atomic E-state index is 0.373. The zero-order valence-electron chi connectivity index (χ0n) is 9.34. The molecule has 78 valence electrons. The van der Waals surface area contributed by atoms with E-state index in [2.05, 4.69) is 18.8 Å². The second kappa shape index (κ2) is 4.07. The van der Waals surface area contributed by atoms with E-state index in [9.17, 15) is 4.39 Å². The molecule has 0 spiro atoms. The molecule has 1 heterocycles. The van der Waals surface area contributed by atoms with Crippen LogP contribution >= 0.6 is 0 Å². The Bertz CT molecular complexity index is 305. The Morgan fingerprint density at radius 2 is 2.00 bits per heavy atom. The maximum atomic E-state index is 12.7. The molecule has 1 aromatic rings. The molecule has 0 amide bonds. The van der Waals surface area contributed by atoms with Gasteiger partial charge < -0.3 is 0 Å². The van der Waals surface area contributed by atoms with Crippen LogP contribution in [0.1, 0.15) is 45.0 Å². The van der Waals surface area contributed by atoms with E-state index in [0.29, 0.717) is 5.92 Å². The summed E-state index contributed by atoms with van der Waals surface area (Å²) >= 11 is 0. The quantitative estimate of drug-likeness (QED) is 0.719. The fraction of sp³-hybridized carbons (Fsp3) is 0.583. The lowest BCUT2D eigenvalue weighted by Crippen LogP contribution is -2.21. The zero-order valence-corrected chi connectivity index (χ0v) is 9.34. The molecule has 0 fully saturated rings. The van der Waals surface area contributed by atoms with Crippen molar-refractivity contribution in [3.05, 3.63) is 29.6 Å². The third-order valence-electron chi connectivity index (χ3n) is 2.39. The van der Waals surface area contributed by atoms with Gasteiger partial charge in [-0.25, -0.2) is 0 Å². The molecule has 0 bridgehead atoms. The predicted molar refractivity (Wildman–Crippen MR) is 57.3 cm³/mol. The molecule has 0 saturated heterocycles. The van der Waals surface area contributed by atoms with E-state index >= 15 is 0 Å². The van der Waals surface area contributed by atoms with E-state index in [0.717, 1.165) is 11.4 Å². The van der Waals surface area contributed by atoms with Crippen LogP contribution in [0, 0.1) is 0 Å². The molecule has 0 atom stereocenters. The van der Waals surface area contributed by atoms with Crippen LogP contribution in [0.3, 0.4) is 0 Å². The first-order valence-corrected chi connectivity index (χ1v) is 5.01. The van der Waals surface area contributed by atoms with Crippen molar-refractivity contribution in [3.63, 3.8) is 0 Å². The monoisotopic (exact) mass is 195 g/mol. The van der Waals surface area contributed by atoms with E-state index in [1.165, 1.54) is 0 Å². The molecule has 14 heavy (non-hydrogen) atoms. The van der Waals surface area contributed by atoms with E-state index in [-0.39, 0.29) is 6.67 Å². The highest BCUT2D eigenvalue weighted by molar-refractivity contribution is 5.20. The molecule has 0 aromatic carbocycles. The average molecular weight is 195 g/mol. The van der Waals surface area contributed by atoms with Gasteiger partial charge in [-0.1, -0.05) is 33.8 Å². The van der Waals surface area contributed by atoms with Crippen LogP contribution in [0.2, 0.25) is 0 Å². The number of halogens is 1. The van der Waals surface area contributed by atoms with Crippen molar-refractivity contribution in [1.29, 1.82) is 0 Å². The van der Waals surface area contributed by atoms with Crippen molar-refractivity contribution in [1.82, 2.24) is 4.98 Å². The van der Waals surface area contributed by atoms with Gasteiger partial charge in [0, 0.05) is 16.8 Å². The van der Waals surface area contributed by atoms with Gasteiger partial charge in [0.15, 0.2) is 0 Å². The van der Waals surface area contributed by atoms with Gasteiger partial charge in [-0.15, -0.1) is 0 Å². The van der Waals surface area contributed by atoms with Crippen LogP contribution in [-0.4, -0.2) is 11.7 Å². The van der Waals surface area contributed by atoms with Gasteiger partial charge in [0.1, 0.15) is 6.67 Å². The minimum Gasteiger partial charge on any atom is -0.257 e. The van der Waals surface area contributed by atoms with Crippen LogP contribution in [0.25, 0.3) is 0 Å². The molecule has 2 heteroatoms. The Hall–Kier alpha value is -0.920. The highest BCUT2D eigenvalue weighted by atomic mass is 19.1. The molecular weight excluding hydrogens is 177 g/mol. The first-order chi connectivity index (χ1) is 6.47. The third-order valence-corrected chi connectivity index (χ3v) is 2.39. The summed E-state index contributed by atoms with van der Waals surface area (Å²) in [6.07, 6.45) is 0. The Morgan fingerprint density at radius 3 is 2.50 bits per heavy atom. The molecule has 0 saturated carbocycles. The van der Waals surface area contributed by atoms with E-state index in [4.69, 9.17) is 0 Å². The topological polar surface area (TPSA) is 12.9 Å². The van der Waals surface area contributed by atoms with Gasteiger partial charge in [0.05, 0.1) is 0 Å². The maximum Gasteiger partial charge on any atom is 0.100 e. The summed E-state index contributed by atoms with van der Waals surface area (Å²) < 4.78 is 12.7. The summed E-state index contributed by atoms with van der Waals surface area (Å²) in [5, 5.41) is 0. The highest BCUT2D eigenvalue weighted by Gasteiger charge is 2.22. The summed E-state index contributed by atoms with van der Waals surface area (Å²) in [6, 6.07) is 5.84. The summed E-state index contributed by atoms with van der Waals surface area (Å²) in [7, 11) is 0. The summed E-state index contributed by atoms with van der Waals surface area (Å²) in [5.74, 6) is 0.394. The summed E-state index contributed by atoms with van der Waals surface area (Å²) in [5.41, 5.74) is 1.40. The van der Waals surface area contributed by atoms with Crippen molar-refractivity contribution in [3.8, 4) is 0 Å². The molecular formula is C12H18FN. The van der Waals surface area contributed by atoms with Gasteiger partial charge >= 0.3 is 0 Å². The number of pyridine rings is 1. The lowest BCUT2D eigenvalue weighted by Gasteiger charge is -2.20. The van der Waals surface area contributed by atoms with Crippen LogP contribution < -0.4 is 0 Å². The molecule has 0 aliphatic heterocycles. The number of alkyl halides is 1. The van der Waals surface area contributed by atoms with E-state index in [1.54, 1.807) is 0 Å². The Labute approximate surface area is 85.4 Å². The number of nitrogens with zero attached hydrogens (tertiary/aromatic N) is 1.